The minimum absolute atomic E-state index is 0.0667. The molecular formula is C22H25N4O. The summed E-state index contributed by atoms with van der Waals surface area (Å²) in [5.41, 5.74) is 4.43. The van der Waals surface area contributed by atoms with E-state index in [1.165, 1.54) is 11.6 Å². The summed E-state index contributed by atoms with van der Waals surface area (Å²) in [5, 5.41) is 0. The molecule has 0 bridgehead atoms. The van der Waals surface area contributed by atoms with Crippen molar-refractivity contribution in [1.82, 2.24) is 15.0 Å². The molecule has 1 N–H and O–H groups in total. The minimum Gasteiger partial charge on any atom is -0.371 e. The first-order valence-corrected chi connectivity index (χ1v) is 9.38. The number of fused-ring (bicyclic) bond motifs is 1. The largest absolute Gasteiger partial charge is 0.371 e. The molecule has 5 nitrogen and oxygen atoms in total. The van der Waals surface area contributed by atoms with Crippen molar-refractivity contribution in [3.8, 4) is 11.3 Å². The number of aromatic amines is 1. The van der Waals surface area contributed by atoms with Gasteiger partial charge in [-0.1, -0.05) is 39.8 Å². The molecule has 27 heavy (non-hydrogen) atoms. The van der Waals surface area contributed by atoms with Crippen molar-refractivity contribution in [1.29, 1.82) is 0 Å². The summed E-state index contributed by atoms with van der Waals surface area (Å²) in [6.07, 6.45) is 4.64. The lowest BCUT2D eigenvalue weighted by atomic mass is 9.87. The number of nitrogens with one attached hydrogen (secondary N) is 1. The third-order valence-corrected chi connectivity index (χ3v) is 5.08. The third kappa shape index (κ3) is 3.34. The van der Waals surface area contributed by atoms with Crippen LogP contribution in [0.1, 0.15) is 44.5 Å². The number of benzene rings is 1. The van der Waals surface area contributed by atoms with E-state index in [1.807, 2.05) is 26.8 Å². The second kappa shape index (κ2) is 6.48. The van der Waals surface area contributed by atoms with Crippen LogP contribution in [0.4, 0.5) is 5.69 Å². The highest BCUT2D eigenvalue weighted by atomic mass is 16.1. The van der Waals surface area contributed by atoms with E-state index in [2.05, 4.69) is 40.0 Å². The topological polar surface area (TPSA) is 61.9 Å². The van der Waals surface area contributed by atoms with Crippen LogP contribution in [0.3, 0.4) is 0 Å². The summed E-state index contributed by atoms with van der Waals surface area (Å²) in [6, 6.07) is 8.40. The van der Waals surface area contributed by atoms with Gasteiger partial charge in [0, 0.05) is 36.0 Å². The first-order valence-electron chi connectivity index (χ1n) is 9.38. The summed E-state index contributed by atoms with van der Waals surface area (Å²) in [5.74, 6) is 1.58. The number of carbonyl (C=O) groups is 1. The summed E-state index contributed by atoms with van der Waals surface area (Å²) < 4.78 is 0. The smallest absolute Gasteiger partial charge is 0.171 e. The minimum atomic E-state index is -0.461. The number of hydrogen-bond donors (Lipinski definition) is 1. The van der Waals surface area contributed by atoms with E-state index < -0.39 is 5.41 Å². The maximum atomic E-state index is 12.8. The predicted molar refractivity (Wildman–Crippen MR) is 109 cm³/mol. The van der Waals surface area contributed by atoms with E-state index in [1.54, 1.807) is 12.4 Å². The average molecular weight is 361 g/mol. The Balaban J connectivity index is 1.73. The number of nitrogens with zero attached hydrogens (tertiary/aromatic N) is 3. The van der Waals surface area contributed by atoms with Gasteiger partial charge >= 0.3 is 0 Å². The number of Topliss-reactive ketones (excluding diaryl/α,β-unsaturated/α-hetero) is 1. The fourth-order valence-corrected chi connectivity index (χ4v) is 3.50. The molecule has 0 unspecified atom stereocenters. The number of rotatable bonds is 3. The highest BCUT2D eigenvalue weighted by Crippen LogP contribution is 2.30. The van der Waals surface area contributed by atoms with Gasteiger partial charge in [-0.25, -0.2) is 9.97 Å². The van der Waals surface area contributed by atoms with Crippen molar-refractivity contribution in [3.05, 3.63) is 48.1 Å². The van der Waals surface area contributed by atoms with Crippen LogP contribution < -0.4 is 4.90 Å². The second-order valence-electron chi connectivity index (χ2n) is 8.41. The van der Waals surface area contributed by atoms with Gasteiger partial charge in [0.25, 0.3) is 0 Å². The van der Waals surface area contributed by atoms with Crippen LogP contribution in [0.2, 0.25) is 0 Å². The van der Waals surface area contributed by atoms with E-state index in [9.17, 15) is 4.79 Å². The van der Waals surface area contributed by atoms with Crippen LogP contribution in [0.15, 0.2) is 36.7 Å². The molecule has 4 rings (SSSR count). The maximum absolute atomic E-state index is 12.8. The van der Waals surface area contributed by atoms with Crippen LogP contribution in [0.25, 0.3) is 22.4 Å². The van der Waals surface area contributed by atoms with Gasteiger partial charge in [-0.05, 0) is 24.5 Å². The van der Waals surface area contributed by atoms with Gasteiger partial charge in [-0.15, -0.1) is 0 Å². The summed E-state index contributed by atoms with van der Waals surface area (Å²) in [7, 11) is 0. The fraction of sp³-hybridized carbons (Fsp3) is 0.364. The number of aromatic nitrogens is 3. The molecule has 0 amide bonds. The zero-order valence-electron chi connectivity index (χ0n) is 16.3. The SMILES string of the molecule is C[C]1CCN(c2cccc(-c3cnc4[nH]cc(C(=O)C(C)(C)C)c4n3)c2)C1. The van der Waals surface area contributed by atoms with Crippen LogP contribution in [0.5, 0.6) is 0 Å². The Morgan fingerprint density at radius 3 is 2.78 bits per heavy atom. The fourth-order valence-electron chi connectivity index (χ4n) is 3.50. The monoisotopic (exact) mass is 361 g/mol. The lowest BCUT2D eigenvalue weighted by Gasteiger charge is -2.19. The summed E-state index contributed by atoms with van der Waals surface area (Å²) >= 11 is 0. The van der Waals surface area contributed by atoms with E-state index >= 15 is 0 Å². The molecule has 5 heteroatoms. The van der Waals surface area contributed by atoms with Crippen molar-refractivity contribution in [2.75, 3.05) is 18.0 Å². The van der Waals surface area contributed by atoms with Gasteiger partial charge in [0.15, 0.2) is 11.4 Å². The Labute approximate surface area is 159 Å². The van der Waals surface area contributed by atoms with Crippen molar-refractivity contribution in [2.45, 2.75) is 34.1 Å². The lowest BCUT2D eigenvalue weighted by molar-refractivity contribution is 0.0860. The molecule has 0 atom stereocenters. The molecular weight excluding hydrogens is 336 g/mol. The molecule has 0 spiro atoms. The van der Waals surface area contributed by atoms with Gasteiger partial charge in [0.05, 0.1) is 17.5 Å². The van der Waals surface area contributed by atoms with Crippen molar-refractivity contribution in [2.24, 2.45) is 5.41 Å². The number of ketones is 1. The molecule has 1 fully saturated rings. The second-order valence-corrected chi connectivity index (χ2v) is 8.41. The van der Waals surface area contributed by atoms with Crippen molar-refractivity contribution in [3.63, 3.8) is 0 Å². The normalized spacial score (nSPS) is 15.6. The van der Waals surface area contributed by atoms with Crippen LogP contribution in [0, 0.1) is 11.3 Å². The van der Waals surface area contributed by atoms with Gasteiger partial charge in [-0.3, -0.25) is 4.79 Å². The first kappa shape index (κ1) is 17.7. The summed E-state index contributed by atoms with van der Waals surface area (Å²) in [4.78, 5) is 27.5. The van der Waals surface area contributed by atoms with Gasteiger partial charge in [-0.2, -0.15) is 0 Å². The standard InChI is InChI=1S/C22H25N4O/c1-14-8-9-26(13-14)16-7-5-6-15(10-16)18-12-24-21-19(25-18)17(11-23-21)20(27)22(2,3)4/h5-7,10-12H,8-9,13H2,1-4H3,(H,23,24). The Morgan fingerprint density at radius 1 is 1.26 bits per heavy atom. The first-order chi connectivity index (χ1) is 12.8. The quantitative estimate of drug-likeness (QED) is 0.689. The molecule has 1 radical (unpaired) electrons. The number of carbonyl (C=O) groups excluding carboxylic acids is 1. The predicted octanol–water partition coefficient (Wildman–Crippen LogP) is 4.66. The van der Waals surface area contributed by atoms with Crippen LogP contribution >= 0.6 is 0 Å². The average Bonchev–Trinajstić information content (AvgIpc) is 3.26. The molecule has 139 valence electrons. The van der Waals surface area contributed by atoms with Crippen LogP contribution in [-0.2, 0) is 0 Å². The lowest BCUT2D eigenvalue weighted by Crippen LogP contribution is -2.20. The Morgan fingerprint density at radius 2 is 2.07 bits per heavy atom. The number of anilines is 1. The van der Waals surface area contributed by atoms with Gasteiger partial charge in [0.2, 0.25) is 0 Å². The van der Waals surface area contributed by atoms with Crippen LogP contribution in [-0.4, -0.2) is 33.8 Å². The molecule has 3 heterocycles. The maximum Gasteiger partial charge on any atom is 0.171 e. The molecule has 0 saturated carbocycles. The van der Waals surface area contributed by atoms with E-state index in [0.717, 1.165) is 30.8 Å². The Hall–Kier alpha value is -2.69. The summed E-state index contributed by atoms with van der Waals surface area (Å²) in [6.45, 7) is 10.0. The van der Waals surface area contributed by atoms with Crippen molar-refractivity contribution < 1.29 is 4.79 Å². The molecule has 1 aliphatic rings. The van der Waals surface area contributed by atoms with E-state index in [4.69, 9.17) is 4.98 Å². The molecule has 1 aromatic carbocycles. The molecule has 3 aromatic rings. The molecule has 1 saturated heterocycles. The van der Waals surface area contributed by atoms with Gasteiger partial charge in [0.1, 0.15) is 5.52 Å². The zero-order chi connectivity index (χ0) is 19.2. The highest BCUT2D eigenvalue weighted by Gasteiger charge is 2.26. The Bertz CT molecular complexity index is 999. The van der Waals surface area contributed by atoms with Crippen molar-refractivity contribution >= 4 is 22.6 Å². The third-order valence-electron chi connectivity index (χ3n) is 5.08. The number of H-pyrrole nitrogens is 1. The molecule has 2 aromatic heterocycles. The van der Waals surface area contributed by atoms with Gasteiger partial charge < -0.3 is 9.88 Å². The Kier molecular flexibility index (Phi) is 4.25. The van der Waals surface area contributed by atoms with E-state index in [-0.39, 0.29) is 5.78 Å². The van der Waals surface area contributed by atoms with E-state index in [0.29, 0.717) is 16.7 Å². The zero-order valence-corrected chi connectivity index (χ0v) is 16.3. The number of hydrogen-bond acceptors (Lipinski definition) is 4. The molecule has 1 aliphatic heterocycles. The highest BCUT2D eigenvalue weighted by molar-refractivity contribution is 6.08. The molecule has 0 aliphatic carbocycles.